The van der Waals surface area contributed by atoms with Crippen LogP contribution in [0.1, 0.15) is 17.8 Å². The lowest BCUT2D eigenvalue weighted by Gasteiger charge is -2.10. The lowest BCUT2D eigenvalue weighted by atomic mass is 10.1. The lowest BCUT2D eigenvalue weighted by Crippen LogP contribution is -1.99. The summed E-state index contributed by atoms with van der Waals surface area (Å²) in [6.45, 7) is 1.18. The van der Waals surface area contributed by atoms with Gasteiger partial charge in [-0.1, -0.05) is 66.7 Å². The number of hydrogen-bond acceptors (Lipinski definition) is 4. The molecule has 32 heavy (non-hydrogen) atoms. The van der Waals surface area contributed by atoms with E-state index in [1.165, 1.54) is 0 Å². The van der Waals surface area contributed by atoms with Crippen molar-refractivity contribution in [3.05, 3.63) is 90.3 Å². The summed E-state index contributed by atoms with van der Waals surface area (Å²) in [6.07, 6.45) is 1.70. The molecule has 0 fully saturated rings. The quantitative estimate of drug-likeness (QED) is 0.319. The Hall–Kier alpha value is -3.57. The van der Waals surface area contributed by atoms with Gasteiger partial charge >= 0.3 is 0 Å². The van der Waals surface area contributed by atoms with Crippen molar-refractivity contribution in [3.63, 3.8) is 0 Å². The van der Waals surface area contributed by atoms with Crippen LogP contribution in [0.15, 0.2) is 78.9 Å². The molecule has 0 aliphatic heterocycles. The van der Waals surface area contributed by atoms with Crippen molar-refractivity contribution < 1.29 is 14.2 Å². The van der Waals surface area contributed by atoms with Gasteiger partial charge < -0.3 is 19.2 Å². The Labute approximate surface area is 189 Å². The molecule has 1 aromatic heterocycles. The van der Waals surface area contributed by atoms with Crippen molar-refractivity contribution in [1.82, 2.24) is 9.97 Å². The van der Waals surface area contributed by atoms with Gasteiger partial charge in [0.2, 0.25) is 0 Å². The Kier molecular flexibility index (Phi) is 7.20. The second kappa shape index (κ2) is 10.6. The molecule has 0 aliphatic rings. The van der Waals surface area contributed by atoms with Crippen LogP contribution in [-0.2, 0) is 17.8 Å². The zero-order valence-electron chi connectivity index (χ0n) is 18.5. The third kappa shape index (κ3) is 5.18. The number of aromatic nitrogens is 2. The van der Waals surface area contributed by atoms with Crippen LogP contribution in [-0.4, -0.2) is 30.8 Å². The molecule has 0 atom stereocenters. The predicted molar refractivity (Wildman–Crippen MR) is 127 cm³/mol. The molecule has 0 saturated heterocycles. The molecule has 1 N–H and O–H groups in total. The monoisotopic (exact) mass is 428 g/mol. The molecule has 5 nitrogen and oxygen atoms in total. The minimum Gasteiger partial charge on any atom is -0.493 e. The Bertz CT molecular complexity index is 1070. The van der Waals surface area contributed by atoms with Crippen LogP contribution in [0.25, 0.3) is 22.5 Å². The maximum Gasteiger partial charge on any atom is 0.161 e. The number of aryl methyl sites for hydroxylation is 1. The average Bonchev–Trinajstić information content (AvgIpc) is 3.29. The first-order chi connectivity index (χ1) is 15.8. The van der Waals surface area contributed by atoms with Gasteiger partial charge in [-0.3, -0.25) is 0 Å². The summed E-state index contributed by atoms with van der Waals surface area (Å²) in [7, 11) is 3.27. The second-order valence-corrected chi connectivity index (χ2v) is 7.48. The SMILES string of the molecule is COc1ccc(COCCCc2nc(-c3ccccc3)c(-c3ccccc3)[nH]2)cc1OC. The van der Waals surface area contributed by atoms with Crippen LogP contribution < -0.4 is 9.47 Å². The first-order valence-corrected chi connectivity index (χ1v) is 10.8. The molecule has 0 aliphatic carbocycles. The molecule has 1 heterocycles. The van der Waals surface area contributed by atoms with Crippen LogP contribution in [0.2, 0.25) is 0 Å². The predicted octanol–water partition coefficient (Wildman–Crippen LogP) is 5.91. The van der Waals surface area contributed by atoms with Gasteiger partial charge in [0.1, 0.15) is 5.82 Å². The number of nitrogens with one attached hydrogen (secondary N) is 1. The van der Waals surface area contributed by atoms with Crippen LogP contribution in [0.3, 0.4) is 0 Å². The third-order valence-electron chi connectivity index (χ3n) is 5.28. The lowest BCUT2D eigenvalue weighted by molar-refractivity contribution is 0.118. The molecule has 0 spiro atoms. The normalized spacial score (nSPS) is 10.8. The number of nitrogens with zero attached hydrogens (tertiary/aromatic N) is 1. The highest BCUT2D eigenvalue weighted by molar-refractivity contribution is 5.78. The molecular formula is C27H28N2O3. The fourth-order valence-electron chi connectivity index (χ4n) is 3.66. The van der Waals surface area contributed by atoms with Gasteiger partial charge in [-0.25, -0.2) is 4.98 Å². The Morgan fingerprint density at radius 2 is 1.47 bits per heavy atom. The highest BCUT2D eigenvalue weighted by Crippen LogP contribution is 2.30. The number of aromatic amines is 1. The minimum atomic E-state index is 0.531. The number of methoxy groups -OCH3 is 2. The van der Waals surface area contributed by atoms with Gasteiger partial charge in [0.25, 0.3) is 0 Å². The fraction of sp³-hybridized carbons (Fsp3) is 0.222. The summed E-state index contributed by atoms with van der Waals surface area (Å²) >= 11 is 0. The third-order valence-corrected chi connectivity index (χ3v) is 5.28. The van der Waals surface area contributed by atoms with Crippen molar-refractivity contribution in [2.75, 3.05) is 20.8 Å². The van der Waals surface area contributed by atoms with Crippen LogP contribution in [0, 0.1) is 0 Å². The zero-order chi connectivity index (χ0) is 22.2. The van der Waals surface area contributed by atoms with E-state index in [1.807, 2.05) is 54.6 Å². The number of ether oxygens (including phenoxy) is 3. The molecule has 0 bridgehead atoms. The van der Waals surface area contributed by atoms with E-state index in [9.17, 15) is 0 Å². The van der Waals surface area contributed by atoms with Crippen molar-refractivity contribution in [2.45, 2.75) is 19.4 Å². The summed E-state index contributed by atoms with van der Waals surface area (Å²) in [5, 5.41) is 0. The van der Waals surface area contributed by atoms with E-state index in [0.29, 0.717) is 19.0 Å². The van der Waals surface area contributed by atoms with Gasteiger partial charge in [-0.15, -0.1) is 0 Å². The van der Waals surface area contributed by atoms with Crippen molar-refractivity contribution in [3.8, 4) is 34.0 Å². The second-order valence-electron chi connectivity index (χ2n) is 7.48. The van der Waals surface area contributed by atoms with E-state index in [1.54, 1.807) is 14.2 Å². The van der Waals surface area contributed by atoms with E-state index in [0.717, 1.165) is 52.5 Å². The van der Waals surface area contributed by atoms with Gasteiger partial charge in [-0.2, -0.15) is 0 Å². The van der Waals surface area contributed by atoms with Crippen molar-refractivity contribution in [1.29, 1.82) is 0 Å². The summed E-state index contributed by atoms with van der Waals surface area (Å²) < 4.78 is 16.5. The maximum atomic E-state index is 5.88. The summed E-state index contributed by atoms with van der Waals surface area (Å²) in [4.78, 5) is 8.45. The number of hydrogen-bond donors (Lipinski definition) is 1. The maximum absolute atomic E-state index is 5.88. The van der Waals surface area contributed by atoms with Crippen molar-refractivity contribution >= 4 is 0 Å². The van der Waals surface area contributed by atoms with E-state index in [-0.39, 0.29) is 0 Å². The molecule has 0 radical (unpaired) electrons. The van der Waals surface area contributed by atoms with E-state index in [4.69, 9.17) is 19.2 Å². The highest BCUT2D eigenvalue weighted by atomic mass is 16.5. The van der Waals surface area contributed by atoms with E-state index < -0.39 is 0 Å². The average molecular weight is 429 g/mol. The zero-order valence-corrected chi connectivity index (χ0v) is 18.5. The molecule has 0 saturated carbocycles. The number of imidazole rings is 1. The van der Waals surface area contributed by atoms with Crippen LogP contribution in [0.5, 0.6) is 11.5 Å². The van der Waals surface area contributed by atoms with Crippen molar-refractivity contribution in [2.24, 2.45) is 0 Å². The smallest absolute Gasteiger partial charge is 0.161 e. The molecule has 4 aromatic rings. The minimum absolute atomic E-state index is 0.531. The number of H-pyrrole nitrogens is 1. The first kappa shape index (κ1) is 21.7. The Morgan fingerprint density at radius 3 is 2.16 bits per heavy atom. The highest BCUT2D eigenvalue weighted by Gasteiger charge is 2.13. The largest absolute Gasteiger partial charge is 0.493 e. The number of benzene rings is 3. The topological polar surface area (TPSA) is 56.4 Å². The van der Waals surface area contributed by atoms with Crippen LogP contribution in [0.4, 0.5) is 0 Å². The van der Waals surface area contributed by atoms with Gasteiger partial charge in [0, 0.05) is 24.2 Å². The number of rotatable bonds is 10. The Balaban J connectivity index is 1.38. The standard InChI is InChI=1S/C27H28N2O3/c1-30-23-16-15-20(18-24(23)31-2)19-32-17-9-14-25-28-26(21-10-5-3-6-11-21)27(29-25)22-12-7-4-8-13-22/h3-8,10-13,15-16,18H,9,14,17,19H2,1-2H3,(H,28,29). The summed E-state index contributed by atoms with van der Waals surface area (Å²) in [5.41, 5.74) is 5.34. The van der Waals surface area contributed by atoms with E-state index >= 15 is 0 Å². The first-order valence-electron chi connectivity index (χ1n) is 10.8. The summed E-state index contributed by atoms with van der Waals surface area (Å²) in [6, 6.07) is 26.5. The van der Waals surface area contributed by atoms with Gasteiger partial charge in [0.15, 0.2) is 11.5 Å². The molecule has 164 valence electrons. The molecule has 5 heteroatoms. The summed E-state index contributed by atoms with van der Waals surface area (Å²) in [5.74, 6) is 2.40. The molecule has 0 amide bonds. The Morgan fingerprint density at radius 1 is 0.781 bits per heavy atom. The molecule has 4 rings (SSSR count). The van der Waals surface area contributed by atoms with E-state index in [2.05, 4.69) is 29.2 Å². The molecule has 3 aromatic carbocycles. The molecular weight excluding hydrogens is 400 g/mol. The fourth-order valence-corrected chi connectivity index (χ4v) is 3.66. The van der Waals surface area contributed by atoms with Gasteiger partial charge in [0.05, 0.1) is 32.2 Å². The van der Waals surface area contributed by atoms with Crippen LogP contribution >= 0.6 is 0 Å². The molecule has 0 unspecified atom stereocenters. The van der Waals surface area contributed by atoms with Gasteiger partial charge in [-0.05, 0) is 24.1 Å².